The van der Waals surface area contributed by atoms with Crippen LogP contribution in [0.1, 0.15) is 24.1 Å². The highest BCUT2D eigenvalue weighted by atomic mass is 16.5. The molecule has 106 valence electrons. The van der Waals surface area contributed by atoms with Gasteiger partial charge >= 0.3 is 0 Å². The maximum absolute atomic E-state index is 12.0. The summed E-state index contributed by atoms with van der Waals surface area (Å²) in [5, 5.41) is 4.52. The fourth-order valence-corrected chi connectivity index (χ4v) is 2.46. The van der Waals surface area contributed by atoms with E-state index in [1.165, 1.54) is 12.7 Å². The Bertz CT molecular complexity index is 444. The lowest BCUT2D eigenvalue weighted by Crippen LogP contribution is -2.41. The highest BCUT2D eigenvalue weighted by molar-refractivity contribution is 5.77. The Morgan fingerprint density at radius 3 is 2.89 bits per heavy atom. The summed E-state index contributed by atoms with van der Waals surface area (Å²) in [4.78, 5) is 13.8. The van der Waals surface area contributed by atoms with E-state index in [-0.39, 0.29) is 18.4 Å². The number of ether oxygens (including phenoxy) is 2. The topological polar surface area (TPSA) is 56.6 Å². The first kappa shape index (κ1) is 14.0. The molecule has 0 saturated carbocycles. The van der Waals surface area contributed by atoms with Crippen molar-refractivity contribution in [2.75, 3.05) is 34.0 Å². The van der Waals surface area contributed by atoms with Gasteiger partial charge < -0.3 is 14.4 Å². The van der Waals surface area contributed by atoms with Crippen LogP contribution < -0.4 is 0 Å². The van der Waals surface area contributed by atoms with E-state index < -0.39 is 0 Å². The molecule has 19 heavy (non-hydrogen) atoms. The maximum atomic E-state index is 12.0. The molecular formula is C13H21N3O3. The summed E-state index contributed by atoms with van der Waals surface area (Å²) in [5.41, 5.74) is 2.17. The lowest BCUT2D eigenvalue weighted by molar-refractivity contribution is -0.136. The number of carbonyl (C=O) groups is 1. The largest absolute Gasteiger partial charge is 0.384 e. The van der Waals surface area contributed by atoms with Crippen molar-refractivity contribution < 1.29 is 14.3 Å². The standard InChI is InChI=1S/C13H21N3O3/c1-4-16-6-11-10(8-18-2)5-15(7-12(11)14-16)13(17)9-19-3/h6,10H,4-5,7-9H2,1-3H3. The monoisotopic (exact) mass is 267 g/mol. The molecular weight excluding hydrogens is 246 g/mol. The van der Waals surface area contributed by atoms with Crippen molar-refractivity contribution in [3.63, 3.8) is 0 Å². The van der Waals surface area contributed by atoms with Crippen LogP contribution in [0.5, 0.6) is 0 Å². The average molecular weight is 267 g/mol. The summed E-state index contributed by atoms with van der Waals surface area (Å²) < 4.78 is 12.1. The molecule has 0 aliphatic carbocycles. The number of hydrogen-bond donors (Lipinski definition) is 0. The molecule has 0 bridgehead atoms. The van der Waals surface area contributed by atoms with Gasteiger partial charge in [0.05, 0.1) is 18.8 Å². The van der Waals surface area contributed by atoms with E-state index in [0.29, 0.717) is 19.7 Å². The summed E-state index contributed by atoms with van der Waals surface area (Å²) in [5.74, 6) is 0.190. The van der Waals surface area contributed by atoms with E-state index in [4.69, 9.17) is 9.47 Å². The number of amides is 1. The fraction of sp³-hybridized carbons (Fsp3) is 0.692. The van der Waals surface area contributed by atoms with Crippen LogP contribution in [-0.2, 0) is 27.4 Å². The van der Waals surface area contributed by atoms with Gasteiger partial charge in [0.25, 0.3) is 0 Å². The van der Waals surface area contributed by atoms with E-state index >= 15 is 0 Å². The zero-order valence-corrected chi connectivity index (χ0v) is 11.8. The predicted molar refractivity (Wildman–Crippen MR) is 69.8 cm³/mol. The quantitative estimate of drug-likeness (QED) is 0.785. The van der Waals surface area contributed by atoms with Gasteiger partial charge in [0, 0.05) is 45.0 Å². The summed E-state index contributed by atoms with van der Waals surface area (Å²) in [7, 11) is 3.21. The molecule has 0 saturated heterocycles. The molecule has 0 aromatic carbocycles. The number of fused-ring (bicyclic) bond motifs is 1. The van der Waals surface area contributed by atoms with Crippen LogP contribution in [0.3, 0.4) is 0 Å². The van der Waals surface area contributed by atoms with Crippen LogP contribution in [0, 0.1) is 0 Å². The van der Waals surface area contributed by atoms with E-state index in [1.54, 1.807) is 12.0 Å². The normalized spacial score (nSPS) is 18.5. The molecule has 1 amide bonds. The first-order chi connectivity index (χ1) is 9.19. The predicted octanol–water partition coefficient (Wildman–Crippen LogP) is 0.622. The lowest BCUT2D eigenvalue weighted by Gasteiger charge is -2.31. The molecule has 6 nitrogen and oxygen atoms in total. The third kappa shape index (κ3) is 2.96. The Kier molecular flexibility index (Phi) is 4.55. The molecule has 2 rings (SSSR count). The van der Waals surface area contributed by atoms with Crippen molar-refractivity contribution >= 4 is 5.91 Å². The average Bonchev–Trinajstić information content (AvgIpc) is 2.82. The van der Waals surface area contributed by atoms with Crippen molar-refractivity contribution in [3.8, 4) is 0 Å². The van der Waals surface area contributed by atoms with Gasteiger partial charge in [-0.3, -0.25) is 9.48 Å². The number of carbonyl (C=O) groups excluding carboxylic acids is 1. The Hall–Kier alpha value is -1.40. The van der Waals surface area contributed by atoms with Crippen molar-refractivity contribution in [2.24, 2.45) is 0 Å². The Morgan fingerprint density at radius 1 is 1.47 bits per heavy atom. The summed E-state index contributed by atoms with van der Waals surface area (Å²) in [6.45, 7) is 4.82. The first-order valence-corrected chi connectivity index (χ1v) is 6.51. The second kappa shape index (κ2) is 6.16. The second-order valence-corrected chi connectivity index (χ2v) is 4.75. The highest BCUT2D eigenvalue weighted by Gasteiger charge is 2.30. The van der Waals surface area contributed by atoms with Crippen LogP contribution in [0.25, 0.3) is 0 Å². The smallest absolute Gasteiger partial charge is 0.248 e. The summed E-state index contributed by atoms with van der Waals surface area (Å²) >= 11 is 0. The van der Waals surface area contributed by atoms with Crippen molar-refractivity contribution in [1.29, 1.82) is 0 Å². The minimum atomic E-state index is 0.000279. The van der Waals surface area contributed by atoms with Gasteiger partial charge in [0.15, 0.2) is 0 Å². The molecule has 1 atom stereocenters. The van der Waals surface area contributed by atoms with Gasteiger partial charge in [-0.15, -0.1) is 0 Å². The molecule has 0 spiro atoms. The Morgan fingerprint density at radius 2 is 2.26 bits per heavy atom. The molecule has 1 aromatic rings. The van der Waals surface area contributed by atoms with Crippen molar-refractivity contribution in [1.82, 2.24) is 14.7 Å². The summed E-state index contributed by atoms with van der Waals surface area (Å²) in [6, 6.07) is 0. The number of rotatable bonds is 5. The van der Waals surface area contributed by atoms with E-state index in [1.807, 2.05) is 4.68 Å². The third-order valence-electron chi connectivity index (χ3n) is 3.40. The summed E-state index contributed by atoms with van der Waals surface area (Å²) in [6.07, 6.45) is 2.07. The van der Waals surface area contributed by atoms with Gasteiger partial charge in [-0.2, -0.15) is 5.10 Å². The van der Waals surface area contributed by atoms with E-state index in [9.17, 15) is 4.79 Å². The molecule has 1 aliphatic heterocycles. The first-order valence-electron chi connectivity index (χ1n) is 6.51. The van der Waals surface area contributed by atoms with Crippen LogP contribution >= 0.6 is 0 Å². The number of hydrogen-bond acceptors (Lipinski definition) is 4. The van der Waals surface area contributed by atoms with Crippen molar-refractivity contribution in [2.45, 2.75) is 25.9 Å². The number of aromatic nitrogens is 2. The molecule has 2 heterocycles. The van der Waals surface area contributed by atoms with Crippen LogP contribution in [0.4, 0.5) is 0 Å². The van der Waals surface area contributed by atoms with E-state index in [0.717, 1.165) is 12.2 Å². The SMILES string of the molecule is CCn1cc2c(n1)CN(C(=O)COC)CC2COC. The van der Waals surface area contributed by atoms with Gasteiger partial charge in [0.1, 0.15) is 6.61 Å². The molecule has 0 radical (unpaired) electrons. The zero-order valence-electron chi connectivity index (χ0n) is 11.8. The van der Waals surface area contributed by atoms with Crippen molar-refractivity contribution in [3.05, 3.63) is 17.5 Å². The molecule has 6 heteroatoms. The molecule has 1 aromatic heterocycles. The highest BCUT2D eigenvalue weighted by Crippen LogP contribution is 2.27. The van der Waals surface area contributed by atoms with Gasteiger partial charge in [-0.25, -0.2) is 0 Å². The van der Waals surface area contributed by atoms with Gasteiger partial charge in [-0.1, -0.05) is 0 Å². The molecule has 0 N–H and O–H groups in total. The molecule has 1 aliphatic rings. The van der Waals surface area contributed by atoms with Crippen LogP contribution in [0.2, 0.25) is 0 Å². The third-order valence-corrected chi connectivity index (χ3v) is 3.40. The number of nitrogens with zero attached hydrogens (tertiary/aromatic N) is 3. The van der Waals surface area contributed by atoms with E-state index in [2.05, 4.69) is 18.2 Å². The maximum Gasteiger partial charge on any atom is 0.248 e. The Labute approximate surface area is 113 Å². The Balaban J connectivity index is 2.21. The molecule has 0 fully saturated rings. The lowest BCUT2D eigenvalue weighted by atomic mass is 9.95. The number of aryl methyl sites for hydroxylation is 1. The van der Waals surface area contributed by atoms with Gasteiger partial charge in [-0.05, 0) is 6.92 Å². The number of methoxy groups -OCH3 is 2. The molecule has 1 unspecified atom stereocenters. The van der Waals surface area contributed by atoms with Crippen LogP contribution in [0.15, 0.2) is 6.20 Å². The zero-order chi connectivity index (χ0) is 13.8. The van der Waals surface area contributed by atoms with Gasteiger partial charge in [0.2, 0.25) is 5.91 Å². The fourth-order valence-electron chi connectivity index (χ4n) is 2.46. The second-order valence-electron chi connectivity index (χ2n) is 4.75. The minimum Gasteiger partial charge on any atom is -0.384 e. The minimum absolute atomic E-state index is 0.000279. The van der Waals surface area contributed by atoms with Crippen LogP contribution in [-0.4, -0.2) is 54.6 Å².